The Kier molecular flexibility index (Phi) is 2.16. The van der Waals surface area contributed by atoms with Gasteiger partial charge in [-0.2, -0.15) is 0 Å². The van der Waals surface area contributed by atoms with Crippen molar-refractivity contribution in [3.8, 4) is 0 Å². The molecule has 0 spiro atoms. The molecule has 1 saturated heterocycles. The highest BCUT2D eigenvalue weighted by molar-refractivity contribution is 8.01. The van der Waals surface area contributed by atoms with E-state index in [1.165, 1.54) is 25.7 Å². The van der Waals surface area contributed by atoms with Gasteiger partial charge >= 0.3 is 0 Å². The van der Waals surface area contributed by atoms with Crippen molar-refractivity contribution in [1.82, 2.24) is 4.90 Å². The molecule has 1 nitrogen and oxygen atoms in total. The molecule has 2 rings (SSSR count). The molecule has 70 valence electrons. The van der Waals surface area contributed by atoms with Crippen LogP contribution in [0.2, 0.25) is 0 Å². The van der Waals surface area contributed by atoms with E-state index in [1.807, 2.05) is 0 Å². The fourth-order valence-corrected chi connectivity index (χ4v) is 4.31. The maximum Gasteiger partial charge on any atom is 0.0616 e. The minimum absolute atomic E-state index is 0.389. The van der Waals surface area contributed by atoms with Crippen LogP contribution in [0.1, 0.15) is 39.5 Å². The summed E-state index contributed by atoms with van der Waals surface area (Å²) in [5.74, 6) is 0. The van der Waals surface area contributed by atoms with Crippen molar-refractivity contribution < 1.29 is 0 Å². The molecular weight excluding hydrogens is 166 g/mol. The summed E-state index contributed by atoms with van der Waals surface area (Å²) in [4.78, 5) is 2.97. The minimum atomic E-state index is 0.389. The van der Waals surface area contributed by atoms with Gasteiger partial charge in [0.05, 0.1) is 4.87 Å². The highest BCUT2D eigenvalue weighted by atomic mass is 32.2. The van der Waals surface area contributed by atoms with E-state index in [-0.39, 0.29) is 0 Å². The number of fused-ring (bicyclic) bond motifs is 1. The lowest BCUT2D eigenvalue weighted by Crippen LogP contribution is -2.41. The van der Waals surface area contributed by atoms with Crippen molar-refractivity contribution in [1.29, 1.82) is 0 Å². The molecule has 1 saturated carbocycles. The van der Waals surface area contributed by atoms with E-state index in [0.717, 1.165) is 11.3 Å². The lowest BCUT2D eigenvalue weighted by atomic mass is 9.93. The van der Waals surface area contributed by atoms with Crippen molar-refractivity contribution in [3.63, 3.8) is 0 Å². The third-order valence-corrected chi connectivity index (χ3v) is 5.17. The summed E-state index contributed by atoms with van der Waals surface area (Å²) in [6.07, 6.45) is 5.78. The molecule has 0 aromatic rings. The standard InChI is InChI=1S/C10H19NS/c1-10(2)11(3)8-6-4-5-7-9(8)12-10/h8-9H,4-7H2,1-3H3/t8-,9-/m0/s1. The average molecular weight is 185 g/mol. The molecule has 0 amide bonds. The van der Waals surface area contributed by atoms with Crippen LogP contribution >= 0.6 is 11.8 Å². The van der Waals surface area contributed by atoms with Gasteiger partial charge in [-0.05, 0) is 33.7 Å². The summed E-state index contributed by atoms with van der Waals surface area (Å²) in [5, 5.41) is 0.929. The van der Waals surface area contributed by atoms with Crippen LogP contribution in [0.4, 0.5) is 0 Å². The molecule has 0 radical (unpaired) electrons. The third kappa shape index (κ3) is 1.29. The van der Waals surface area contributed by atoms with Crippen molar-refractivity contribution >= 4 is 11.8 Å². The number of hydrogen-bond acceptors (Lipinski definition) is 2. The molecule has 2 heteroatoms. The molecule has 2 fully saturated rings. The van der Waals surface area contributed by atoms with Crippen molar-refractivity contribution in [3.05, 3.63) is 0 Å². The van der Waals surface area contributed by atoms with Crippen LogP contribution in [0.25, 0.3) is 0 Å². The Morgan fingerprint density at radius 3 is 2.58 bits per heavy atom. The van der Waals surface area contributed by atoms with Crippen LogP contribution in [-0.4, -0.2) is 28.1 Å². The van der Waals surface area contributed by atoms with Crippen molar-refractivity contribution in [2.75, 3.05) is 7.05 Å². The third-order valence-electron chi connectivity index (χ3n) is 3.45. The first-order valence-electron chi connectivity index (χ1n) is 5.02. The van der Waals surface area contributed by atoms with Gasteiger partial charge in [-0.25, -0.2) is 0 Å². The SMILES string of the molecule is CN1[C@H]2CCCC[C@@H]2SC1(C)C. The summed E-state index contributed by atoms with van der Waals surface area (Å²) in [7, 11) is 2.29. The molecule has 0 aromatic carbocycles. The van der Waals surface area contributed by atoms with E-state index in [9.17, 15) is 0 Å². The fourth-order valence-electron chi connectivity index (χ4n) is 2.51. The zero-order valence-electron chi connectivity index (χ0n) is 8.34. The quantitative estimate of drug-likeness (QED) is 0.571. The average Bonchev–Trinajstić information content (AvgIpc) is 2.24. The van der Waals surface area contributed by atoms with Crippen molar-refractivity contribution in [2.24, 2.45) is 0 Å². The van der Waals surface area contributed by atoms with Crippen LogP contribution < -0.4 is 0 Å². The molecule has 1 heterocycles. The van der Waals surface area contributed by atoms with Crippen LogP contribution in [-0.2, 0) is 0 Å². The summed E-state index contributed by atoms with van der Waals surface area (Å²) < 4.78 is 0. The molecule has 0 unspecified atom stereocenters. The maximum absolute atomic E-state index is 2.58. The number of rotatable bonds is 0. The highest BCUT2D eigenvalue weighted by Gasteiger charge is 2.44. The molecule has 1 aliphatic carbocycles. The van der Waals surface area contributed by atoms with E-state index in [1.54, 1.807) is 0 Å². The number of hydrogen-bond donors (Lipinski definition) is 0. The molecule has 0 aromatic heterocycles. The fraction of sp³-hybridized carbons (Fsp3) is 1.00. The second kappa shape index (κ2) is 2.91. The lowest BCUT2D eigenvalue weighted by Gasteiger charge is -2.32. The summed E-state index contributed by atoms with van der Waals surface area (Å²) in [5.41, 5.74) is 0. The van der Waals surface area contributed by atoms with Gasteiger partial charge in [-0.1, -0.05) is 12.8 Å². The molecular formula is C10H19NS. The van der Waals surface area contributed by atoms with Crippen molar-refractivity contribution in [2.45, 2.75) is 55.7 Å². The van der Waals surface area contributed by atoms with E-state index < -0.39 is 0 Å². The molecule has 2 atom stereocenters. The van der Waals surface area contributed by atoms with Gasteiger partial charge in [-0.15, -0.1) is 11.8 Å². The van der Waals surface area contributed by atoms with Gasteiger partial charge in [-0.3, -0.25) is 4.90 Å². The van der Waals surface area contributed by atoms with Gasteiger partial charge in [0.15, 0.2) is 0 Å². The van der Waals surface area contributed by atoms with Crippen LogP contribution in [0, 0.1) is 0 Å². The Morgan fingerprint density at radius 1 is 1.25 bits per heavy atom. The van der Waals surface area contributed by atoms with Gasteiger partial charge in [0.1, 0.15) is 0 Å². The maximum atomic E-state index is 2.58. The Labute approximate surface area is 79.9 Å². The van der Waals surface area contributed by atoms with Gasteiger partial charge < -0.3 is 0 Å². The molecule has 0 N–H and O–H groups in total. The zero-order valence-corrected chi connectivity index (χ0v) is 9.16. The van der Waals surface area contributed by atoms with E-state index >= 15 is 0 Å². The Morgan fingerprint density at radius 2 is 1.92 bits per heavy atom. The largest absolute Gasteiger partial charge is 0.288 e. The Bertz CT molecular complexity index is 179. The lowest BCUT2D eigenvalue weighted by molar-refractivity contribution is 0.166. The second-order valence-electron chi connectivity index (χ2n) is 4.57. The topological polar surface area (TPSA) is 3.24 Å². The summed E-state index contributed by atoms with van der Waals surface area (Å²) in [6.45, 7) is 4.71. The second-order valence-corrected chi connectivity index (χ2v) is 6.41. The molecule has 12 heavy (non-hydrogen) atoms. The first-order chi connectivity index (χ1) is 5.61. The molecule has 0 bridgehead atoms. The molecule has 2 aliphatic rings. The predicted octanol–water partition coefficient (Wildman–Crippen LogP) is 2.71. The summed E-state index contributed by atoms with van der Waals surface area (Å²) >= 11 is 2.19. The minimum Gasteiger partial charge on any atom is -0.288 e. The van der Waals surface area contributed by atoms with Gasteiger partial charge in [0.25, 0.3) is 0 Å². The van der Waals surface area contributed by atoms with E-state index in [0.29, 0.717) is 4.87 Å². The Balaban J connectivity index is 2.13. The van der Waals surface area contributed by atoms with Gasteiger partial charge in [0, 0.05) is 11.3 Å². The molecule has 1 aliphatic heterocycles. The highest BCUT2D eigenvalue weighted by Crippen LogP contribution is 2.48. The smallest absolute Gasteiger partial charge is 0.0616 e. The number of thioether (sulfide) groups is 1. The monoisotopic (exact) mass is 185 g/mol. The summed E-state index contributed by atoms with van der Waals surface area (Å²) in [6, 6.07) is 0.874. The first kappa shape index (κ1) is 8.89. The van der Waals surface area contributed by atoms with Gasteiger partial charge in [0.2, 0.25) is 0 Å². The number of nitrogens with zero attached hydrogens (tertiary/aromatic N) is 1. The predicted molar refractivity (Wildman–Crippen MR) is 55.5 cm³/mol. The van der Waals surface area contributed by atoms with Crippen LogP contribution in [0.15, 0.2) is 0 Å². The first-order valence-corrected chi connectivity index (χ1v) is 5.90. The van der Waals surface area contributed by atoms with E-state index in [4.69, 9.17) is 0 Å². The normalized spacial score (nSPS) is 41.2. The van der Waals surface area contributed by atoms with Crippen LogP contribution in [0.5, 0.6) is 0 Å². The Hall–Kier alpha value is 0.310. The zero-order chi connectivity index (χ0) is 8.77. The van der Waals surface area contributed by atoms with E-state index in [2.05, 4.69) is 37.6 Å². The van der Waals surface area contributed by atoms with Crippen LogP contribution in [0.3, 0.4) is 0 Å².